The third kappa shape index (κ3) is 3.23. The predicted molar refractivity (Wildman–Crippen MR) is 68.9 cm³/mol. The lowest BCUT2D eigenvalue weighted by Crippen LogP contribution is -2.30. The van der Waals surface area contributed by atoms with E-state index in [9.17, 15) is 0 Å². The minimum atomic E-state index is 0.847. The third-order valence-electron chi connectivity index (χ3n) is 5.05. The van der Waals surface area contributed by atoms with E-state index in [1.54, 1.807) is 0 Å². The molecule has 0 spiro atoms. The number of hydrogen-bond donors (Lipinski definition) is 0. The molecule has 1 fully saturated rings. The lowest BCUT2D eigenvalue weighted by atomic mass is 9.67. The molecule has 0 bridgehead atoms. The van der Waals surface area contributed by atoms with Gasteiger partial charge in [0.05, 0.1) is 0 Å². The summed E-state index contributed by atoms with van der Waals surface area (Å²) in [5, 5.41) is 0. The second-order valence-corrected chi connectivity index (χ2v) is 6.08. The lowest BCUT2D eigenvalue weighted by molar-refractivity contribution is 0.110. The molecule has 1 aliphatic carbocycles. The third-order valence-corrected chi connectivity index (χ3v) is 5.05. The van der Waals surface area contributed by atoms with E-state index in [2.05, 4.69) is 34.6 Å². The van der Waals surface area contributed by atoms with Gasteiger partial charge in [0.1, 0.15) is 0 Å². The van der Waals surface area contributed by atoms with Gasteiger partial charge in [-0.05, 0) is 36.0 Å². The van der Waals surface area contributed by atoms with Crippen LogP contribution in [0.3, 0.4) is 0 Å². The van der Waals surface area contributed by atoms with Gasteiger partial charge in [0.25, 0.3) is 0 Å². The first-order valence-electron chi connectivity index (χ1n) is 7.07. The summed E-state index contributed by atoms with van der Waals surface area (Å²) in [4.78, 5) is 0. The van der Waals surface area contributed by atoms with Gasteiger partial charge in [-0.2, -0.15) is 0 Å². The number of rotatable bonds is 4. The van der Waals surface area contributed by atoms with Crippen LogP contribution < -0.4 is 0 Å². The fourth-order valence-electron chi connectivity index (χ4n) is 3.43. The Labute approximate surface area is 96.8 Å². The predicted octanol–water partition coefficient (Wildman–Crippen LogP) is 5.13. The van der Waals surface area contributed by atoms with Gasteiger partial charge in [-0.15, -0.1) is 0 Å². The first-order valence-corrected chi connectivity index (χ1v) is 7.07. The van der Waals surface area contributed by atoms with Gasteiger partial charge in [0.2, 0.25) is 0 Å². The van der Waals surface area contributed by atoms with Gasteiger partial charge in [-0.3, -0.25) is 0 Å². The molecule has 0 saturated heterocycles. The molecule has 0 amide bonds. The molecule has 4 atom stereocenters. The number of hydrogen-bond acceptors (Lipinski definition) is 0. The summed E-state index contributed by atoms with van der Waals surface area (Å²) in [5.74, 6) is 4.70. The molecular formula is C15H30. The first-order chi connectivity index (χ1) is 7.07. The molecule has 90 valence electrons. The zero-order chi connectivity index (χ0) is 11.4. The van der Waals surface area contributed by atoms with Crippen molar-refractivity contribution in [3.05, 3.63) is 0 Å². The van der Waals surface area contributed by atoms with Crippen molar-refractivity contribution in [2.24, 2.45) is 29.6 Å². The van der Waals surface area contributed by atoms with Crippen LogP contribution >= 0.6 is 0 Å². The van der Waals surface area contributed by atoms with Crippen molar-refractivity contribution in [3.8, 4) is 0 Å². The van der Waals surface area contributed by atoms with E-state index in [4.69, 9.17) is 0 Å². The van der Waals surface area contributed by atoms with Crippen LogP contribution in [0.4, 0.5) is 0 Å². The second kappa shape index (κ2) is 5.92. The van der Waals surface area contributed by atoms with Crippen LogP contribution in [0.25, 0.3) is 0 Å². The Hall–Kier alpha value is 0. The second-order valence-electron chi connectivity index (χ2n) is 6.08. The molecule has 0 aliphatic heterocycles. The van der Waals surface area contributed by atoms with Crippen molar-refractivity contribution < 1.29 is 0 Å². The van der Waals surface area contributed by atoms with E-state index in [0.29, 0.717) is 0 Å². The van der Waals surface area contributed by atoms with Gasteiger partial charge in [0.15, 0.2) is 0 Å². The summed E-state index contributed by atoms with van der Waals surface area (Å²) in [6, 6.07) is 0. The van der Waals surface area contributed by atoms with E-state index in [0.717, 1.165) is 29.6 Å². The molecule has 0 aromatic heterocycles. The van der Waals surface area contributed by atoms with Crippen molar-refractivity contribution in [2.75, 3.05) is 0 Å². The highest BCUT2D eigenvalue weighted by molar-refractivity contribution is 4.81. The monoisotopic (exact) mass is 210 g/mol. The summed E-state index contributed by atoms with van der Waals surface area (Å²) in [6.45, 7) is 12.1. The highest BCUT2D eigenvalue weighted by atomic mass is 14.4. The Balaban J connectivity index is 2.58. The van der Waals surface area contributed by atoms with E-state index in [1.165, 1.54) is 32.1 Å². The van der Waals surface area contributed by atoms with Crippen LogP contribution in [-0.2, 0) is 0 Å². The molecule has 1 rings (SSSR count). The minimum absolute atomic E-state index is 0.847. The fourth-order valence-corrected chi connectivity index (χ4v) is 3.43. The SMILES string of the molecule is CCC1CCCCC1C(C)C(C)C(C)C. The summed E-state index contributed by atoms with van der Waals surface area (Å²) in [5.41, 5.74) is 0. The Morgan fingerprint density at radius 3 is 2.13 bits per heavy atom. The maximum Gasteiger partial charge on any atom is -0.0358 e. The molecular weight excluding hydrogens is 180 g/mol. The summed E-state index contributed by atoms with van der Waals surface area (Å²) < 4.78 is 0. The maximum absolute atomic E-state index is 2.50. The molecule has 4 unspecified atom stereocenters. The molecule has 0 heterocycles. The zero-order valence-electron chi connectivity index (χ0n) is 11.4. The van der Waals surface area contributed by atoms with Crippen LogP contribution in [-0.4, -0.2) is 0 Å². The van der Waals surface area contributed by atoms with Crippen molar-refractivity contribution in [1.29, 1.82) is 0 Å². The standard InChI is InChI=1S/C15H30/c1-6-14-9-7-8-10-15(14)13(5)12(4)11(2)3/h11-15H,6-10H2,1-5H3. The van der Waals surface area contributed by atoms with Gasteiger partial charge in [0, 0.05) is 0 Å². The summed E-state index contributed by atoms with van der Waals surface area (Å²) >= 11 is 0. The highest BCUT2D eigenvalue weighted by Gasteiger charge is 2.31. The largest absolute Gasteiger partial charge is 0.0651 e. The molecule has 1 saturated carbocycles. The fraction of sp³-hybridized carbons (Fsp3) is 1.00. The molecule has 0 aromatic rings. The van der Waals surface area contributed by atoms with E-state index >= 15 is 0 Å². The first kappa shape index (κ1) is 13.1. The van der Waals surface area contributed by atoms with Crippen molar-refractivity contribution in [2.45, 2.75) is 66.7 Å². The molecule has 1 aliphatic rings. The molecule has 0 nitrogen and oxygen atoms in total. The molecule has 0 heteroatoms. The van der Waals surface area contributed by atoms with E-state index < -0.39 is 0 Å². The molecule has 0 N–H and O–H groups in total. The van der Waals surface area contributed by atoms with Crippen LogP contribution in [0.15, 0.2) is 0 Å². The highest BCUT2D eigenvalue weighted by Crippen LogP contribution is 2.41. The van der Waals surface area contributed by atoms with Crippen molar-refractivity contribution in [3.63, 3.8) is 0 Å². The van der Waals surface area contributed by atoms with Gasteiger partial charge in [-0.1, -0.05) is 60.3 Å². The van der Waals surface area contributed by atoms with Gasteiger partial charge in [-0.25, -0.2) is 0 Å². The van der Waals surface area contributed by atoms with Crippen LogP contribution in [0.5, 0.6) is 0 Å². The molecule has 0 radical (unpaired) electrons. The normalized spacial score (nSPS) is 31.6. The topological polar surface area (TPSA) is 0 Å². The smallest absolute Gasteiger partial charge is 0.0358 e. The Kier molecular flexibility index (Phi) is 5.15. The Bertz CT molecular complexity index is 171. The van der Waals surface area contributed by atoms with Gasteiger partial charge >= 0.3 is 0 Å². The summed E-state index contributed by atoms with van der Waals surface area (Å²) in [7, 11) is 0. The maximum atomic E-state index is 2.50. The minimum Gasteiger partial charge on any atom is -0.0651 e. The van der Waals surface area contributed by atoms with Crippen LogP contribution in [0.1, 0.15) is 66.7 Å². The lowest BCUT2D eigenvalue weighted by Gasteiger charge is -2.39. The van der Waals surface area contributed by atoms with Crippen LogP contribution in [0, 0.1) is 29.6 Å². The van der Waals surface area contributed by atoms with Crippen molar-refractivity contribution in [1.82, 2.24) is 0 Å². The average Bonchev–Trinajstić information content (AvgIpc) is 2.26. The molecule has 0 aromatic carbocycles. The quantitative estimate of drug-likeness (QED) is 0.603. The molecule has 15 heavy (non-hydrogen) atoms. The van der Waals surface area contributed by atoms with Crippen molar-refractivity contribution >= 4 is 0 Å². The zero-order valence-corrected chi connectivity index (χ0v) is 11.4. The van der Waals surface area contributed by atoms with Crippen LogP contribution in [0.2, 0.25) is 0 Å². The Morgan fingerprint density at radius 1 is 1.00 bits per heavy atom. The van der Waals surface area contributed by atoms with E-state index in [1.807, 2.05) is 0 Å². The average molecular weight is 210 g/mol. The Morgan fingerprint density at radius 2 is 1.60 bits per heavy atom. The van der Waals surface area contributed by atoms with Gasteiger partial charge < -0.3 is 0 Å². The summed E-state index contributed by atoms with van der Waals surface area (Å²) in [6.07, 6.45) is 7.36. The van der Waals surface area contributed by atoms with E-state index in [-0.39, 0.29) is 0 Å².